The molecule has 2 fully saturated rings. The van der Waals surface area contributed by atoms with Gasteiger partial charge in [-0.15, -0.1) is 0 Å². The second kappa shape index (κ2) is 10.5. The van der Waals surface area contributed by atoms with Crippen molar-refractivity contribution < 1.29 is 18.7 Å². The zero-order chi connectivity index (χ0) is 26.1. The van der Waals surface area contributed by atoms with E-state index in [1.165, 1.54) is 19.2 Å². The monoisotopic (exact) mass is 507 g/mol. The van der Waals surface area contributed by atoms with Crippen molar-refractivity contribution in [2.75, 3.05) is 6.61 Å². The molecule has 0 spiro atoms. The summed E-state index contributed by atoms with van der Waals surface area (Å²) >= 11 is 0. The number of aromatic nitrogens is 3. The third-order valence-electron chi connectivity index (χ3n) is 7.34. The molecule has 3 aromatic rings. The molecule has 0 unspecified atom stereocenters. The fourth-order valence-corrected chi connectivity index (χ4v) is 5.03. The Morgan fingerprint density at radius 2 is 1.95 bits per heavy atom. The second-order valence-electron chi connectivity index (χ2n) is 10.4. The first-order valence-corrected chi connectivity index (χ1v) is 13.1. The summed E-state index contributed by atoms with van der Waals surface area (Å²) < 4.78 is 21.1. The first-order chi connectivity index (χ1) is 17.8. The van der Waals surface area contributed by atoms with Gasteiger partial charge in [0.15, 0.2) is 0 Å². The van der Waals surface area contributed by atoms with E-state index in [9.17, 15) is 14.0 Å². The molecule has 5 rings (SSSR count). The number of carbonyl (C=O) groups excluding carboxylic acids is 2. The fourth-order valence-electron chi connectivity index (χ4n) is 5.03. The van der Waals surface area contributed by atoms with Gasteiger partial charge in [0.1, 0.15) is 29.5 Å². The lowest BCUT2D eigenvalue weighted by Gasteiger charge is -2.32. The van der Waals surface area contributed by atoms with Gasteiger partial charge in [0, 0.05) is 30.1 Å². The molecular formula is C28H34FN5O3. The third-order valence-corrected chi connectivity index (χ3v) is 7.34. The predicted molar refractivity (Wildman–Crippen MR) is 139 cm³/mol. The van der Waals surface area contributed by atoms with Gasteiger partial charge in [-0.25, -0.2) is 14.4 Å². The Morgan fingerprint density at radius 3 is 2.68 bits per heavy atom. The first-order valence-electron chi connectivity index (χ1n) is 13.1. The summed E-state index contributed by atoms with van der Waals surface area (Å²) in [6.45, 7) is 6.27. The van der Waals surface area contributed by atoms with Crippen LogP contribution in [-0.4, -0.2) is 51.6 Å². The minimum atomic E-state index is -1.24. The third kappa shape index (κ3) is 5.45. The normalized spacial score (nSPS) is 21.6. The minimum Gasteiger partial charge on any atom is -0.493 e. The number of fused-ring (bicyclic) bond motifs is 1. The molecule has 2 aliphatic carbocycles. The minimum absolute atomic E-state index is 0.0840. The van der Waals surface area contributed by atoms with E-state index in [0.29, 0.717) is 59.8 Å². The number of nitrogens with one attached hydrogen (secondary N) is 3. The summed E-state index contributed by atoms with van der Waals surface area (Å²) in [6, 6.07) is 5.19. The molecule has 2 aliphatic rings. The van der Waals surface area contributed by atoms with Crippen molar-refractivity contribution in [3.05, 3.63) is 41.3 Å². The second-order valence-corrected chi connectivity index (χ2v) is 10.4. The summed E-state index contributed by atoms with van der Waals surface area (Å²) in [7, 11) is 0. The average Bonchev–Trinajstić information content (AvgIpc) is 3.64. The van der Waals surface area contributed by atoms with Gasteiger partial charge in [0.2, 0.25) is 5.91 Å². The first kappa shape index (κ1) is 25.2. The molecule has 2 aromatic heterocycles. The molecule has 0 bridgehead atoms. The average molecular weight is 508 g/mol. The molecule has 37 heavy (non-hydrogen) atoms. The number of benzene rings is 1. The number of halogens is 1. The quantitative estimate of drug-likeness (QED) is 0.415. The van der Waals surface area contributed by atoms with Crippen LogP contribution in [0.4, 0.5) is 4.39 Å². The number of ether oxygens (including phenoxy) is 1. The number of rotatable bonds is 8. The standard InChI is InChI=1S/C28H34FN5O3/c1-4-23(35)33-18-8-9-21(20(29)12-18)34-28(36)24-16(3)32-27-25(30-14-31-26(24)27)19-11-15(2)5-10-22(19)37-13-17-6-7-17/h5,10-11,14,17-18,20-21,32H,4,6-9,12-13H2,1-3H3,(H,33,35)(H,34,36)/t18-,20-,21+/m1/s1. The van der Waals surface area contributed by atoms with E-state index in [4.69, 9.17) is 4.74 Å². The predicted octanol–water partition coefficient (Wildman–Crippen LogP) is 4.55. The van der Waals surface area contributed by atoms with Gasteiger partial charge in [0.25, 0.3) is 5.91 Å². The molecule has 3 atom stereocenters. The summed E-state index contributed by atoms with van der Waals surface area (Å²) in [4.78, 5) is 37.3. The maximum Gasteiger partial charge on any atom is 0.255 e. The molecule has 8 nitrogen and oxygen atoms in total. The number of amides is 2. The van der Waals surface area contributed by atoms with Crippen LogP contribution in [0.1, 0.15) is 67.1 Å². The summed E-state index contributed by atoms with van der Waals surface area (Å²) in [5.74, 6) is 0.911. The largest absolute Gasteiger partial charge is 0.493 e. The lowest BCUT2D eigenvalue weighted by atomic mass is 9.89. The van der Waals surface area contributed by atoms with Crippen molar-refractivity contribution in [1.29, 1.82) is 0 Å². The highest BCUT2D eigenvalue weighted by molar-refractivity contribution is 6.09. The maximum atomic E-state index is 15.0. The van der Waals surface area contributed by atoms with Crippen LogP contribution in [0.5, 0.6) is 5.75 Å². The molecule has 9 heteroatoms. The van der Waals surface area contributed by atoms with E-state index in [1.54, 1.807) is 6.92 Å². The van der Waals surface area contributed by atoms with Gasteiger partial charge >= 0.3 is 0 Å². The molecule has 1 aromatic carbocycles. The highest BCUT2D eigenvalue weighted by atomic mass is 19.1. The molecular weight excluding hydrogens is 473 g/mol. The van der Waals surface area contributed by atoms with Crippen molar-refractivity contribution in [3.8, 4) is 17.0 Å². The number of hydrogen-bond donors (Lipinski definition) is 3. The van der Waals surface area contributed by atoms with Crippen LogP contribution in [0.15, 0.2) is 24.5 Å². The van der Waals surface area contributed by atoms with Crippen LogP contribution in [-0.2, 0) is 4.79 Å². The Morgan fingerprint density at radius 1 is 1.14 bits per heavy atom. The molecule has 0 radical (unpaired) electrons. The van der Waals surface area contributed by atoms with Gasteiger partial charge in [-0.1, -0.05) is 18.6 Å². The number of H-pyrrole nitrogens is 1. The Labute approximate surface area is 215 Å². The van der Waals surface area contributed by atoms with E-state index < -0.39 is 12.2 Å². The molecule has 2 heterocycles. The number of alkyl halides is 1. The summed E-state index contributed by atoms with van der Waals surface area (Å²) in [5, 5.41) is 5.74. The summed E-state index contributed by atoms with van der Waals surface area (Å²) in [5.41, 5.74) is 4.75. The Bertz CT molecular complexity index is 1320. The van der Waals surface area contributed by atoms with Gasteiger partial charge in [-0.2, -0.15) is 0 Å². The lowest BCUT2D eigenvalue weighted by Crippen LogP contribution is -2.50. The molecule has 2 amide bonds. The van der Waals surface area contributed by atoms with E-state index in [1.807, 2.05) is 32.0 Å². The Hall–Kier alpha value is -3.49. The lowest BCUT2D eigenvalue weighted by molar-refractivity contribution is -0.121. The van der Waals surface area contributed by atoms with E-state index in [-0.39, 0.29) is 24.3 Å². The van der Waals surface area contributed by atoms with E-state index in [0.717, 1.165) is 16.9 Å². The topological polar surface area (TPSA) is 109 Å². The van der Waals surface area contributed by atoms with Crippen molar-refractivity contribution >= 4 is 22.8 Å². The Balaban J connectivity index is 1.39. The van der Waals surface area contributed by atoms with Gasteiger partial charge in [0.05, 0.1) is 23.7 Å². The number of aromatic amines is 1. The van der Waals surface area contributed by atoms with Crippen LogP contribution >= 0.6 is 0 Å². The maximum absolute atomic E-state index is 15.0. The van der Waals surface area contributed by atoms with Crippen LogP contribution in [0.2, 0.25) is 0 Å². The molecule has 2 saturated carbocycles. The molecule has 0 saturated heterocycles. The van der Waals surface area contributed by atoms with E-state index >= 15 is 0 Å². The van der Waals surface area contributed by atoms with Crippen LogP contribution < -0.4 is 15.4 Å². The number of nitrogens with zero attached hydrogens (tertiary/aromatic N) is 2. The number of carbonyl (C=O) groups is 2. The summed E-state index contributed by atoms with van der Waals surface area (Å²) in [6.07, 6.45) is 4.23. The van der Waals surface area contributed by atoms with Gasteiger partial charge < -0.3 is 20.4 Å². The van der Waals surface area contributed by atoms with Gasteiger partial charge in [-0.05, 0) is 57.6 Å². The van der Waals surface area contributed by atoms with Gasteiger partial charge in [-0.3, -0.25) is 9.59 Å². The van der Waals surface area contributed by atoms with Crippen molar-refractivity contribution in [2.45, 2.75) is 77.6 Å². The zero-order valence-corrected chi connectivity index (χ0v) is 21.6. The fraction of sp³-hybridized carbons (Fsp3) is 0.500. The number of aryl methyl sites for hydroxylation is 2. The molecule has 0 aliphatic heterocycles. The SMILES string of the molecule is CCC(=O)N[C@@H]1CC[C@H](NC(=O)c2c(C)[nH]c3c(-c4cc(C)ccc4OCC4CC4)ncnc23)[C@H](F)C1. The molecule has 196 valence electrons. The van der Waals surface area contributed by atoms with Crippen molar-refractivity contribution in [1.82, 2.24) is 25.6 Å². The van der Waals surface area contributed by atoms with E-state index in [2.05, 4.69) is 25.6 Å². The smallest absolute Gasteiger partial charge is 0.255 e. The Kier molecular flexibility index (Phi) is 7.13. The number of hydrogen-bond acceptors (Lipinski definition) is 5. The highest BCUT2D eigenvalue weighted by Crippen LogP contribution is 2.37. The van der Waals surface area contributed by atoms with Crippen molar-refractivity contribution in [2.24, 2.45) is 5.92 Å². The van der Waals surface area contributed by atoms with Crippen LogP contribution in [0.3, 0.4) is 0 Å². The van der Waals surface area contributed by atoms with Crippen LogP contribution in [0, 0.1) is 19.8 Å². The molecule has 3 N–H and O–H groups in total. The highest BCUT2D eigenvalue weighted by Gasteiger charge is 2.33. The van der Waals surface area contributed by atoms with Crippen molar-refractivity contribution in [3.63, 3.8) is 0 Å². The zero-order valence-electron chi connectivity index (χ0n) is 21.6. The van der Waals surface area contributed by atoms with Crippen LogP contribution in [0.25, 0.3) is 22.3 Å².